The second-order valence-electron chi connectivity index (χ2n) is 8.66. The second kappa shape index (κ2) is 4.22. The number of hydrogen-bond donors (Lipinski definition) is 0. The Morgan fingerprint density at radius 3 is 2.74 bits per heavy atom. The number of nitrogens with zero attached hydrogens (tertiary/aromatic N) is 4. The van der Waals surface area contributed by atoms with E-state index in [0.29, 0.717) is 11.8 Å². The summed E-state index contributed by atoms with van der Waals surface area (Å²) in [5.74, 6) is 1.37. The van der Waals surface area contributed by atoms with Gasteiger partial charge in [-0.3, -0.25) is 4.68 Å². The summed E-state index contributed by atoms with van der Waals surface area (Å²) in [6.45, 7) is 6.77. The fourth-order valence-corrected chi connectivity index (χ4v) is 4.95. The van der Waals surface area contributed by atoms with E-state index < -0.39 is 0 Å². The van der Waals surface area contributed by atoms with Crippen LogP contribution in [0.15, 0.2) is 18.5 Å². The molecule has 0 amide bonds. The van der Waals surface area contributed by atoms with Gasteiger partial charge in [-0.25, -0.2) is 0 Å². The van der Waals surface area contributed by atoms with Gasteiger partial charge in [0, 0.05) is 28.8 Å². The third kappa shape index (κ3) is 1.75. The van der Waals surface area contributed by atoms with Gasteiger partial charge in [0.05, 0.1) is 17.4 Å². The Morgan fingerprint density at radius 1 is 1.17 bits per heavy atom. The minimum atomic E-state index is 0.0363. The highest BCUT2D eigenvalue weighted by molar-refractivity contribution is 5.51. The zero-order valence-corrected chi connectivity index (χ0v) is 14.2. The van der Waals surface area contributed by atoms with Gasteiger partial charge in [-0.1, -0.05) is 0 Å². The summed E-state index contributed by atoms with van der Waals surface area (Å²) in [5, 5.41) is 13.7. The third-order valence-corrected chi connectivity index (χ3v) is 6.08. The van der Waals surface area contributed by atoms with Gasteiger partial charge in [-0.2, -0.15) is 15.3 Å². The predicted octanol–water partition coefficient (Wildman–Crippen LogP) is 3.87. The van der Waals surface area contributed by atoms with Gasteiger partial charge in [0.2, 0.25) is 0 Å². The van der Waals surface area contributed by atoms with E-state index in [2.05, 4.69) is 47.9 Å². The molecule has 5 rings (SSSR count). The van der Waals surface area contributed by atoms with E-state index in [4.69, 9.17) is 5.10 Å². The van der Waals surface area contributed by atoms with Crippen LogP contribution in [0.2, 0.25) is 0 Å². The molecular weight excluding hydrogens is 284 g/mol. The van der Waals surface area contributed by atoms with Crippen molar-refractivity contribution < 1.29 is 0 Å². The molecule has 0 aliphatic heterocycles. The van der Waals surface area contributed by atoms with Crippen LogP contribution in [0.4, 0.5) is 0 Å². The first-order chi connectivity index (χ1) is 11.0. The molecule has 0 radical (unpaired) electrons. The van der Waals surface area contributed by atoms with Crippen molar-refractivity contribution in [3.63, 3.8) is 0 Å². The third-order valence-electron chi connectivity index (χ3n) is 6.08. The Hall–Kier alpha value is -1.71. The van der Waals surface area contributed by atoms with Crippen LogP contribution in [-0.4, -0.2) is 20.0 Å². The van der Waals surface area contributed by atoms with Crippen molar-refractivity contribution in [2.45, 2.75) is 75.7 Å². The zero-order chi connectivity index (χ0) is 15.8. The molecule has 2 fully saturated rings. The topological polar surface area (TPSA) is 43.6 Å². The largest absolute Gasteiger partial charge is 0.264 e. The average molecular weight is 308 g/mol. The number of hydrogen-bond acceptors (Lipinski definition) is 3. The zero-order valence-electron chi connectivity index (χ0n) is 14.2. The highest BCUT2D eigenvalue weighted by Gasteiger charge is 2.54. The average Bonchev–Trinajstić information content (AvgIpc) is 3.00. The van der Waals surface area contributed by atoms with Gasteiger partial charge in [-0.15, -0.1) is 0 Å². The van der Waals surface area contributed by atoms with Gasteiger partial charge in [0.1, 0.15) is 0 Å². The van der Waals surface area contributed by atoms with E-state index in [1.807, 2.05) is 6.20 Å². The Balaban J connectivity index is 1.73. The van der Waals surface area contributed by atoms with E-state index in [1.54, 1.807) is 0 Å². The predicted molar refractivity (Wildman–Crippen MR) is 88.6 cm³/mol. The van der Waals surface area contributed by atoms with Crippen molar-refractivity contribution >= 4 is 0 Å². The molecule has 2 heterocycles. The van der Waals surface area contributed by atoms with Gasteiger partial charge in [0.15, 0.2) is 0 Å². The van der Waals surface area contributed by atoms with Crippen LogP contribution in [0.3, 0.4) is 0 Å². The van der Waals surface area contributed by atoms with Gasteiger partial charge >= 0.3 is 0 Å². The smallest absolute Gasteiger partial charge is 0.0772 e. The molecule has 4 heteroatoms. The maximum Gasteiger partial charge on any atom is 0.0772 e. The Labute approximate surface area is 137 Å². The summed E-state index contributed by atoms with van der Waals surface area (Å²) in [6.07, 6.45) is 10.3. The maximum atomic E-state index is 4.85. The molecule has 3 aliphatic rings. The molecular formula is C19H24N4. The van der Waals surface area contributed by atoms with Gasteiger partial charge in [-0.05, 0) is 70.4 Å². The Bertz CT molecular complexity index is 781. The molecule has 0 spiro atoms. The summed E-state index contributed by atoms with van der Waals surface area (Å²) < 4.78 is 2.29. The van der Waals surface area contributed by atoms with Crippen LogP contribution in [0.1, 0.15) is 87.2 Å². The van der Waals surface area contributed by atoms with Crippen LogP contribution in [0.5, 0.6) is 0 Å². The van der Waals surface area contributed by atoms with Crippen LogP contribution < -0.4 is 0 Å². The van der Waals surface area contributed by atoms with Crippen molar-refractivity contribution in [2.75, 3.05) is 0 Å². The van der Waals surface area contributed by atoms with Crippen LogP contribution in [0, 0.1) is 0 Å². The van der Waals surface area contributed by atoms with Crippen molar-refractivity contribution in [1.29, 1.82) is 0 Å². The summed E-state index contributed by atoms with van der Waals surface area (Å²) >= 11 is 0. The fourth-order valence-electron chi connectivity index (χ4n) is 4.95. The lowest BCUT2D eigenvalue weighted by molar-refractivity contribution is 0.341. The summed E-state index contributed by atoms with van der Waals surface area (Å²) in [4.78, 5) is 0. The van der Waals surface area contributed by atoms with Crippen molar-refractivity contribution in [2.24, 2.45) is 0 Å². The van der Waals surface area contributed by atoms with Crippen molar-refractivity contribution in [3.05, 3.63) is 41.0 Å². The summed E-state index contributed by atoms with van der Waals surface area (Å²) in [5.41, 5.74) is 5.74. The molecule has 2 saturated carbocycles. The second-order valence-corrected chi connectivity index (χ2v) is 8.66. The summed E-state index contributed by atoms with van der Waals surface area (Å²) in [7, 11) is 0. The van der Waals surface area contributed by atoms with E-state index in [1.165, 1.54) is 54.6 Å². The normalized spacial score (nSPS) is 29.1. The molecule has 2 unspecified atom stereocenters. The molecule has 2 aromatic rings. The Kier molecular flexibility index (Phi) is 2.52. The molecule has 120 valence electrons. The monoisotopic (exact) mass is 308 g/mol. The first kappa shape index (κ1) is 13.7. The maximum absolute atomic E-state index is 4.85. The van der Waals surface area contributed by atoms with Gasteiger partial charge < -0.3 is 0 Å². The van der Waals surface area contributed by atoms with Crippen LogP contribution in [0.25, 0.3) is 0 Å². The van der Waals surface area contributed by atoms with Gasteiger partial charge in [0.25, 0.3) is 0 Å². The molecule has 0 aromatic carbocycles. The van der Waals surface area contributed by atoms with Crippen molar-refractivity contribution in [3.8, 4) is 0 Å². The van der Waals surface area contributed by atoms with Crippen LogP contribution in [-0.2, 0) is 11.0 Å². The molecule has 3 aliphatic carbocycles. The van der Waals surface area contributed by atoms with E-state index >= 15 is 0 Å². The molecule has 0 N–H and O–H groups in total. The lowest BCUT2D eigenvalue weighted by Crippen LogP contribution is -2.29. The molecule has 2 bridgehead atoms. The fraction of sp³-hybridized carbons (Fsp3) is 0.632. The number of fused-ring (bicyclic) bond motifs is 5. The lowest BCUT2D eigenvalue weighted by atomic mass is 9.76. The number of rotatable bonds is 2. The lowest BCUT2D eigenvalue weighted by Gasteiger charge is -2.29. The van der Waals surface area contributed by atoms with E-state index in [9.17, 15) is 0 Å². The Morgan fingerprint density at radius 2 is 2.00 bits per heavy atom. The summed E-state index contributed by atoms with van der Waals surface area (Å²) in [6, 6.07) is 2.19. The van der Waals surface area contributed by atoms with E-state index in [-0.39, 0.29) is 11.0 Å². The molecule has 4 nitrogen and oxygen atoms in total. The first-order valence-corrected chi connectivity index (χ1v) is 8.92. The molecule has 0 saturated heterocycles. The van der Waals surface area contributed by atoms with Crippen LogP contribution >= 0.6 is 0 Å². The SMILES string of the molecule is CC(C)(C)n1ncc(C23CCC(C2)c2ccnnc23)c1C1CC1. The van der Waals surface area contributed by atoms with Crippen molar-refractivity contribution in [1.82, 2.24) is 20.0 Å². The highest BCUT2D eigenvalue weighted by atomic mass is 15.3. The quantitative estimate of drug-likeness (QED) is 0.846. The standard InChI is InChI=1S/C19H24N4/c1-18(2,3)23-16(12-4-5-12)15(11-21-23)19-8-6-13(10-19)14-7-9-20-22-17(14)19/h7,9,11-13H,4-6,8,10H2,1-3H3. The molecule has 23 heavy (non-hydrogen) atoms. The highest BCUT2D eigenvalue weighted by Crippen LogP contribution is 2.61. The van der Waals surface area contributed by atoms with E-state index in [0.717, 1.165) is 0 Å². The first-order valence-electron chi connectivity index (χ1n) is 8.92. The molecule has 2 aromatic heterocycles. The molecule has 2 atom stereocenters. The minimum absolute atomic E-state index is 0.0363. The number of aromatic nitrogens is 4. The minimum Gasteiger partial charge on any atom is -0.264 e.